The van der Waals surface area contributed by atoms with E-state index in [2.05, 4.69) is 5.32 Å². The van der Waals surface area contributed by atoms with Crippen LogP contribution >= 0.6 is 0 Å². The summed E-state index contributed by atoms with van der Waals surface area (Å²) in [7, 11) is 0. The van der Waals surface area contributed by atoms with E-state index in [0.29, 0.717) is 30.2 Å². The smallest absolute Gasteiger partial charge is 0.231 e. The van der Waals surface area contributed by atoms with Crippen molar-refractivity contribution in [3.63, 3.8) is 0 Å². The molecule has 1 atom stereocenters. The molecule has 0 aliphatic carbocycles. The van der Waals surface area contributed by atoms with Gasteiger partial charge < -0.3 is 19.7 Å². The molecule has 0 spiro atoms. The first-order valence-corrected chi connectivity index (χ1v) is 8.77. The number of fused-ring (bicyclic) bond motifs is 1. The van der Waals surface area contributed by atoms with Crippen molar-refractivity contribution in [3.8, 4) is 11.5 Å². The molecule has 1 saturated heterocycles. The molecule has 6 nitrogen and oxygen atoms in total. The lowest BCUT2D eigenvalue weighted by Gasteiger charge is -2.17. The van der Waals surface area contributed by atoms with Crippen LogP contribution in [0.4, 0.5) is 4.39 Å². The van der Waals surface area contributed by atoms with Crippen molar-refractivity contribution in [1.82, 2.24) is 10.2 Å². The summed E-state index contributed by atoms with van der Waals surface area (Å²) in [4.78, 5) is 26.2. The van der Waals surface area contributed by atoms with Gasteiger partial charge in [0.2, 0.25) is 18.6 Å². The number of nitrogens with zero attached hydrogens (tertiary/aromatic N) is 1. The van der Waals surface area contributed by atoms with Crippen molar-refractivity contribution in [3.05, 3.63) is 59.4 Å². The fraction of sp³-hybridized carbons (Fsp3) is 0.300. The summed E-state index contributed by atoms with van der Waals surface area (Å²) in [5, 5.41) is 2.86. The van der Waals surface area contributed by atoms with Gasteiger partial charge >= 0.3 is 0 Å². The largest absolute Gasteiger partial charge is 0.454 e. The lowest BCUT2D eigenvalue weighted by Crippen LogP contribution is -2.32. The standard InChI is InChI=1S/C20H19FN2O4/c21-16-4-2-1-3-14(16)10-23-11-15(8-19(23)24)20(25)22-9-13-5-6-17-18(7-13)27-12-26-17/h1-7,15H,8-12H2,(H,22,25). The molecule has 0 aromatic heterocycles. The van der Waals surface area contributed by atoms with Crippen molar-refractivity contribution in [2.75, 3.05) is 13.3 Å². The van der Waals surface area contributed by atoms with Crippen molar-refractivity contribution in [1.29, 1.82) is 0 Å². The summed E-state index contributed by atoms with van der Waals surface area (Å²) in [5.41, 5.74) is 1.34. The zero-order valence-electron chi connectivity index (χ0n) is 14.6. The van der Waals surface area contributed by atoms with Crippen molar-refractivity contribution in [2.45, 2.75) is 19.5 Å². The second-order valence-corrected chi connectivity index (χ2v) is 6.67. The van der Waals surface area contributed by atoms with Crippen molar-refractivity contribution in [2.24, 2.45) is 5.92 Å². The first-order valence-electron chi connectivity index (χ1n) is 8.77. The molecule has 2 aromatic carbocycles. The van der Waals surface area contributed by atoms with E-state index in [1.807, 2.05) is 12.1 Å². The van der Waals surface area contributed by atoms with E-state index >= 15 is 0 Å². The SMILES string of the molecule is O=C(NCc1ccc2c(c1)OCO2)C1CC(=O)N(Cc2ccccc2F)C1. The molecule has 1 unspecified atom stereocenters. The maximum Gasteiger partial charge on any atom is 0.231 e. The number of hydrogen-bond donors (Lipinski definition) is 1. The summed E-state index contributed by atoms with van der Waals surface area (Å²) in [6.07, 6.45) is 0.140. The Kier molecular flexibility index (Phi) is 4.66. The summed E-state index contributed by atoms with van der Waals surface area (Å²) >= 11 is 0. The van der Waals surface area contributed by atoms with E-state index in [1.165, 1.54) is 11.0 Å². The highest BCUT2D eigenvalue weighted by molar-refractivity contribution is 5.89. The Bertz CT molecular complexity index is 886. The Labute approximate surface area is 155 Å². The van der Waals surface area contributed by atoms with Gasteiger partial charge in [-0.15, -0.1) is 0 Å². The molecule has 2 aliphatic heterocycles. The van der Waals surface area contributed by atoms with Crippen LogP contribution in [0.3, 0.4) is 0 Å². The lowest BCUT2D eigenvalue weighted by molar-refractivity contribution is -0.129. The fourth-order valence-corrected chi connectivity index (χ4v) is 3.32. The lowest BCUT2D eigenvalue weighted by atomic mass is 10.1. The van der Waals surface area contributed by atoms with Gasteiger partial charge in [-0.1, -0.05) is 24.3 Å². The molecule has 7 heteroatoms. The molecule has 0 bridgehead atoms. The van der Waals surface area contributed by atoms with Crippen LogP contribution in [-0.4, -0.2) is 30.1 Å². The van der Waals surface area contributed by atoms with Gasteiger partial charge in [0.1, 0.15) is 5.82 Å². The first-order chi connectivity index (χ1) is 13.1. The number of nitrogens with one attached hydrogen (secondary N) is 1. The minimum atomic E-state index is -0.432. The van der Waals surface area contributed by atoms with E-state index in [0.717, 1.165) is 5.56 Å². The maximum atomic E-state index is 13.8. The van der Waals surface area contributed by atoms with Crippen LogP contribution in [0.2, 0.25) is 0 Å². The van der Waals surface area contributed by atoms with Gasteiger partial charge in [0, 0.05) is 31.6 Å². The summed E-state index contributed by atoms with van der Waals surface area (Å²) in [5.74, 6) is 0.252. The van der Waals surface area contributed by atoms with E-state index in [-0.39, 0.29) is 37.4 Å². The molecular weight excluding hydrogens is 351 g/mol. The third-order valence-electron chi connectivity index (χ3n) is 4.81. The second-order valence-electron chi connectivity index (χ2n) is 6.67. The number of benzene rings is 2. The fourth-order valence-electron chi connectivity index (χ4n) is 3.32. The number of carbonyl (C=O) groups excluding carboxylic acids is 2. The van der Waals surface area contributed by atoms with Gasteiger partial charge in [-0.25, -0.2) is 4.39 Å². The molecule has 2 amide bonds. The molecular formula is C20H19FN2O4. The topological polar surface area (TPSA) is 67.9 Å². The Hall–Kier alpha value is -3.09. The van der Waals surface area contributed by atoms with Crippen LogP contribution in [0.1, 0.15) is 17.5 Å². The molecule has 140 valence electrons. The third kappa shape index (κ3) is 3.72. The summed E-state index contributed by atoms with van der Waals surface area (Å²) in [6.45, 7) is 1.01. The summed E-state index contributed by atoms with van der Waals surface area (Å²) < 4.78 is 24.4. The van der Waals surface area contributed by atoms with Gasteiger partial charge in [-0.3, -0.25) is 9.59 Å². The zero-order valence-corrected chi connectivity index (χ0v) is 14.6. The van der Waals surface area contributed by atoms with E-state index in [1.54, 1.807) is 24.3 Å². The van der Waals surface area contributed by atoms with Crippen LogP contribution in [-0.2, 0) is 22.7 Å². The monoisotopic (exact) mass is 370 g/mol. The quantitative estimate of drug-likeness (QED) is 0.876. The molecule has 27 heavy (non-hydrogen) atoms. The van der Waals surface area contributed by atoms with Crippen LogP contribution in [0.25, 0.3) is 0 Å². The minimum absolute atomic E-state index is 0.138. The van der Waals surface area contributed by atoms with Crippen molar-refractivity contribution < 1.29 is 23.5 Å². The molecule has 1 N–H and O–H groups in total. The third-order valence-corrected chi connectivity index (χ3v) is 4.81. The van der Waals surface area contributed by atoms with Gasteiger partial charge in [-0.05, 0) is 23.8 Å². The van der Waals surface area contributed by atoms with E-state index < -0.39 is 5.92 Å². The van der Waals surface area contributed by atoms with Gasteiger partial charge in [0.15, 0.2) is 11.5 Å². The molecule has 2 aliphatic rings. The molecule has 2 aromatic rings. The van der Waals surface area contributed by atoms with E-state index in [4.69, 9.17) is 9.47 Å². The van der Waals surface area contributed by atoms with Gasteiger partial charge in [0.25, 0.3) is 0 Å². The Balaban J connectivity index is 1.33. The number of carbonyl (C=O) groups is 2. The van der Waals surface area contributed by atoms with Gasteiger partial charge in [0.05, 0.1) is 5.92 Å². The van der Waals surface area contributed by atoms with Crippen molar-refractivity contribution >= 4 is 11.8 Å². The average Bonchev–Trinajstić information content (AvgIpc) is 3.28. The maximum absolute atomic E-state index is 13.8. The molecule has 2 heterocycles. The summed E-state index contributed by atoms with van der Waals surface area (Å²) in [6, 6.07) is 11.8. The predicted molar refractivity (Wildman–Crippen MR) is 94.3 cm³/mol. The number of likely N-dealkylation sites (tertiary alicyclic amines) is 1. The van der Waals surface area contributed by atoms with Crippen LogP contribution in [0.5, 0.6) is 11.5 Å². The zero-order chi connectivity index (χ0) is 18.8. The highest BCUT2D eigenvalue weighted by Gasteiger charge is 2.34. The number of hydrogen-bond acceptors (Lipinski definition) is 4. The van der Waals surface area contributed by atoms with Crippen LogP contribution < -0.4 is 14.8 Å². The molecule has 0 saturated carbocycles. The van der Waals surface area contributed by atoms with Crippen LogP contribution in [0, 0.1) is 11.7 Å². The van der Waals surface area contributed by atoms with E-state index in [9.17, 15) is 14.0 Å². The average molecular weight is 370 g/mol. The number of halogens is 1. The Morgan fingerprint density at radius 1 is 1.19 bits per heavy atom. The second kappa shape index (κ2) is 7.26. The first kappa shape index (κ1) is 17.3. The Morgan fingerprint density at radius 2 is 2.00 bits per heavy atom. The highest BCUT2D eigenvalue weighted by atomic mass is 19.1. The number of ether oxygens (including phenoxy) is 2. The predicted octanol–water partition coefficient (Wildman–Crippen LogP) is 2.22. The molecule has 0 radical (unpaired) electrons. The van der Waals surface area contributed by atoms with Crippen LogP contribution in [0.15, 0.2) is 42.5 Å². The minimum Gasteiger partial charge on any atom is -0.454 e. The highest BCUT2D eigenvalue weighted by Crippen LogP contribution is 2.32. The number of amides is 2. The van der Waals surface area contributed by atoms with Gasteiger partial charge in [-0.2, -0.15) is 0 Å². The molecule has 4 rings (SSSR count). The normalized spacial score (nSPS) is 18.0. The molecule has 1 fully saturated rings. The Morgan fingerprint density at radius 3 is 2.85 bits per heavy atom. The number of rotatable bonds is 5.